The molecule has 0 saturated carbocycles. The largest absolute Gasteiger partial charge is 0.381 e. The van der Waals surface area contributed by atoms with Crippen molar-refractivity contribution in [2.24, 2.45) is 0 Å². The third kappa shape index (κ3) is 3.93. The van der Waals surface area contributed by atoms with Crippen LogP contribution >= 0.6 is 0 Å². The van der Waals surface area contributed by atoms with E-state index in [0.717, 1.165) is 62.2 Å². The Bertz CT molecular complexity index is 691. The van der Waals surface area contributed by atoms with Crippen LogP contribution in [0.1, 0.15) is 41.7 Å². The molecule has 0 bridgehead atoms. The van der Waals surface area contributed by atoms with E-state index >= 15 is 0 Å². The second-order valence-corrected chi connectivity index (χ2v) is 6.68. The number of ether oxygens (including phenoxy) is 1. The zero-order chi connectivity index (χ0) is 17.1. The molecule has 6 heteroatoms. The standard InChI is InChI=1S/C18H27N5O/c1-13-10-14(2)23(21-13)8-5-7-22(4)18-11-17(19-15(3)20-18)16-6-9-24-12-16/h10-11,16H,5-9,12H2,1-4H3/t16-/m1/s1. The summed E-state index contributed by atoms with van der Waals surface area (Å²) in [7, 11) is 2.10. The van der Waals surface area contributed by atoms with Gasteiger partial charge in [0, 0.05) is 44.4 Å². The molecule has 0 N–H and O–H groups in total. The molecule has 3 rings (SSSR count). The summed E-state index contributed by atoms with van der Waals surface area (Å²) in [5.41, 5.74) is 3.41. The van der Waals surface area contributed by atoms with E-state index in [-0.39, 0.29) is 0 Å². The van der Waals surface area contributed by atoms with Crippen molar-refractivity contribution in [2.75, 3.05) is 31.7 Å². The molecule has 1 fully saturated rings. The summed E-state index contributed by atoms with van der Waals surface area (Å²) < 4.78 is 7.57. The van der Waals surface area contributed by atoms with Gasteiger partial charge in [-0.3, -0.25) is 4.68 Å². The molecule has 6 nitrogen and oxygen atoms in total. The van der Waals surface area contributed by atoms with Crippen molar-refractivity contribution >= 4 is 5.82 Å². The predicted molar refractivity (Wildman–Crippen MR) is 94.5 cm³/mol. The maximum atomic E-state index is 5.50. The van der Waals surface area contributed by atoms with Crippen molar-refractivity contribution in [2.45, 2.75) is 46.1 Å². The number of anilines is 1. The van der Waals surface area contributed by atoms with E-state index in [1.54, 1.807) is 0 Å². The Morgan fingerprint density at radius 2 is 2.08 bits per heavy atom. The average molecular weight is 329 g/mol. The number of rotatable bonds is 6. The van der Waals surface area contributed by atoms with Crippen LogP contribution in [0.15, 0.2) is 12.1 Å². The molecule has 0 unspecified atom stereocenters. The van der Waals surface area contributed by atoms with Crippen LogP contribution in [0.4, 0.5) is 5.82 Å². The fraction of sp³-hybridized carbons (Fsp3) is 0.611. The minimum absolute atomic E-state index is 0.411. The monoisotopic (exact) mass is 329 g/mol. The molecule has 0 amide bonds. The summed E-state index contributed by atoms with van der Waals surface area (Å²) in [6, 6.07) is 4.24. The van der Waals surface area contributed by atoms with Crippen LogP contribution in [-0.4, -0.2) is 46.6 Å². The van der Waals surface area contributed by atoms with E-state index in [1.165, 1.54) is 5.69 Å². The molecule has 1 aliphatic heterocycles. The van der Waals surface area contributed by atoms with Crippen LogP contribution in [0.2, 0.25) is 0 Å². The minimum Gasteiger partial charge on any atom is -0.381 e. The van der Waals surface area contributed by atoms with E-state index in [1.807, 2.05) is 13.8 Å². The van der Waals surface area contributed by atoms with Crippen molar-refractivity contribution in [3.8, 4) is 0 Å². The summed E-state index contributed by atoms with van der Waals surface area (Å²) in [6.45, 7) is 9.58. The van der Waals surface area contributed by atoms with Crippen LogP contribution < -0.4 is 4.90 Å². The number of aryl methyl sites for hydroxylation is 4. The van der Waals surface area contributed by atoms with Crippen molar-refractivity contribution < 1.29 is 4.74 Å². The lowest BCUT2D eigenvalue weighted by Gasteiger charge is -2.20. The van der Waals surface area contributed by atoms with Gasteiger partial charge in [0.2, 0.25) is 0 Å². The Kier molecular flexibility index (Phi) is 5.14. The van der Waals surface area contributed by atoms with Crippen molar-refractivity contribution in [3.63, 3.8) is 0 Å². The Labute approximate surface area is 143 Å². The molecule has 24 heavy (non-hydrogen) atoms. The third-order valence-corrected chi connectivity index (χ3v) is 4.55. The summed E-state index contributed by atoms with van der Waals surface area (Å²) in [6.07, 6.45) is 2.08. The van der Waals surface area contributed by atoms with Crippen molar-refractivity contribution in [1.29, 1.82) is 0 Å². The zero-order valence-corrected chi connectivity index (χ0v) is 15.1. The Balaban J connectivity index is 1.61. The first-order valence-electron chi connectivity index (χ1n) is 8.68. The molecular weight excluding hydrogens is 302 g/mol. The summed E-state index contributed by atoms with van der Waals surface area (Å²) in [5, 5.41) is 4.52. The molecule has 1 aliphatic rings. The van der Waals surface area contributed by atoms with Crippen LogP contribution in [0, 0.1) is 20.8 Å². The molecule has 2 aromatic heterocycles. The molecule has 2 aromatic rings. The molecule has 1 saturated heterocycles. The second-order valence-electron chi connectivity index (χ2n) is 6.68. The van der Waals surface area contributed by atoms with Gasteiger partial charge in [0.15, 0.2) is 0 Å². The highest BCUT2D eigenvalue weighted by Crippen LogP contribution is 2.25. The first kappa shape index (κ1) is 16.9. The molecule has 0 spiro atoms. The Hall–Kier alpha value is -1.95. The lowest BCUT2D eigenvalue weighted by molar-refractivity contribution is 0.193. The van der Waals surface area contributed by atoms with Crippen LogP contribution in [0.3, 0.4) is 0 Å². The number of hydrogen-bond donors (Lipinski definition) is 0. The summed E-state index contributed by atoms with van der Waals surface area (Å²) >= 11 is 0. The maximum absolute atomic E-state index is 5.50. The summed E-state index contributed by atoms with van der Waals surface area (Å²) in [4.78, 5) is 11.4. The fourth-order valence-electron chi connectivity index (χ4n) is 3.22. The first-order chi connectivity index (χ1) is 11.5. The van der Waals surface area contributed by atoms with Crippen molar-refractivity contribution in [3.05, 3.63) is 35.0 Å². The second kappa shape index (κ2) is 7.30. The van der Waals surface area contributed by atoms with E-state index < -0.39 is 0 Å². The molecule has 1 atom stereocenters. The lowest BCUT2D eigenvalue weighted by atomic mass is 10.0. The van der Waals surface area contributed by atoms with Crippen molar-refractivity contribution in [1.82, 2.24) is 19.7 Å². The SMILES string of the molecule is Cc1cc(C)n(CCCN(C)c2cc([C@@H]3CCOC3)nc(C)n2)n1. The molecular formula is C18H27N5O. The lowest BCUT2D eigenvalue weighted by Crippen LogP contribution is -2.22. The van der Waals surface area contributed by atoms with Gasteiger partial charge >= 0.3 is 0 Å². The van der Waals surface area contributed by atoms with Gasteiger partial charge in [-0.05, 0) is 39.7 Å². The van der Waals surface area contributed by atoms with E-state index in [2.05, 4.69) is 50.8 Å². The third-order valence-electron chi connectivity index (χ3n) is 4.55. The number of aromatic nitrogens is 4. The van der Waals surface area contributed by atoms with E-state index in [0.29, 0.717) is 5.92 Å². The zero-order valence-electron chi connectivity index (χ0n) is 15.1. The minimum atomic E-state index is 0.411. The highest BCUT2D eigenvalue weighted by atomic mass is 16.5. The molecule has 0 aromatic carbocycles. The van der Waals surface area contributed by atoms with Crippen LogP contribution in [-0.2, 0) is 11.3 Å². The van der Waals surface area contributed by atoms with Gasteiger partial charge < -0.3 is 9.64 Å². The van der Waals surface area contributed by atoms with Crippen LogP contribution in [0.25, 0.3) is 0 Å². The van der Waals surface area contributed by atoms with Gasteiger partial charge in [-0.15, -0.1) is 0 Å². The fourth-order valence-corrected chi connectivity index (χ4v) is 3.22. The van der Waals surface area contributed by atoms with Gasteiger partial charge in [0.25, 0.3) is 0 Å². The molecule has 130 valence electrons. The maximum Gasteiger partial charge on any atom is 0.132 e. The molecule has 0 radical (unpaired) electrons. The van der Waals surface area contributed by atoms with Gasteiger partial charge in [-0.1, -0.05) is 0 Å². The van der Waals surface area contributed by atoms with E-state index in [9.17, 15) is 0 Å². The Morgan fingerprint density at radius 3 is 2.75 bits per heavy atom. The van der Waals surface area contributed by atoms with Gasteiger partial charge in [0.1, 0.15) is 11.6 Å². The first-order valence-corrected chi connectivity index (χ1v) is 8.68. The Morgan fingerprint density at radius 1 is 1.25 bits per heavy atom. The quantitative estimate of drug-likeness (QED) is 0.815. The number of nitrogens with zero attached hydrogens (tertiary/aromatic N) is 5. The van der Waals surface area contributed by atoms with Gasteiger partial charge in [-0.2, -0.15) is 5.10 Å². The van der Waals surface area contributed by atoms with Crippen LogP contribution in [0.5, 0.6) is 0 Å². The van der Waals surface area contributed by atoms with E-state index in [4.69, 9.17) is 4.74 Å². The highest BCUT2D eigenvalue weighted by molar-refractivity contribution is 5.39. The smallest absolute Gasteiger partial charge is 0.132 e. The molecule has 3 heterocycles. The van der Waals surface area contributed by atoms with Gasteiger partial charge in [-0.25, -0.2) is 9.97 Å². The molecule has 0 aliphatic carbocycles. The summed E-state index contributed by atoms with van der Waals surface area (Å²) in [5.74, 6) is 2.24. The highest BCUT2D eigenvalue weighted by Gasteiger charge is 2.20. The van der Waals surface area contributed by atoms with Gasteiger partial charge in [0.05, 0.1) is 18.0 Å². The topological polar surface area (TPSA) is 56.1 Å². The predicted octanol–water partition coefficient (Wildman–Crippen LogP) is 2.63. The average Bonchev–Trinajstić information content (AvgIpc) is 3.17. The number of hydrogen-bond acceptors (Lipinski definition) is 5. The normalized spacial score (nSPS) is 17.4.